The first-order chi connectivity index (χ1) is 7.80. The van der Waals surface area contributed by atoms with Crippen LogP contribution in [-0.4, -0.2) is 20.6 Å². The van der Waals surface area contributed by atoms with Crippen LogP contribution in [0.1, 0.15) is 26.3 Å². The number of benzene rings is 1. The molecule has 1 heterocycles. The van der Waals surface area contributed by atoms with Crippen LogP contribution in [-0.2, 0) is 4.43 Å². The van der Waals surface area contributed by atoms with Gasteiger partial charge in [0.25, 0.3) is 8.48 Å². The van der Waals surface area contributed by atoms with E-state index in [1.165, 1.54) is 11.3 Å². The lowest BCUT2D eigenvalue weighted by Crippen LogP contribution is -2.54. The molecule has 0 saturated heterocycles. The molecule has 0 bridgehead atoms. The molecule has 3 heteroatoms. The van der Waals surface area contributed by atoms with E-state index in [1.807, 2.05) is 0 Å². The van der Waals surface area contributed by atoms with Gasteiger partial charge in [-0.15, -0.1) is 0 Å². The zero-order chi connectivity index (χ0) is 12.7. The quantitative estimate of drug-likeness (QED) is 0.742. The molecule has 1 radical (unpaired) electrons. The number of para-hydroxylation sites is 1. The highest BCUT2D eigenvalue weighted by molar-refractivity contribution is 6.75. The summed E-state index contributed by atoms with van der Waals surface area (Å²) in [5.74, 6) is 0. The Hall–Kier alpha value is -0.803. The number of hydrogen-bond donors (Lipinski definition) is 0. The van der Waals surface area contributed by atoms with Crippen molar-refractivity contribution in [3.8, 4) is 0 Å². The van der Waals surface area contributed by atoms with E-state index < -0.39 is 8.48 Å². The van der Waals surface area contributed by atoms with Gasteiger partial charge in [0, 0.05) is 24.3 Å². The van der Waals surface area contributed by atoms with Crippen LogP contribution in [0.15, 0.2) is 24.3 Å². The van der Waals surface area contributed by atoms with E-state index in [4.69, 9.17) is 4.43 Å². The van der Waals surface area contributed by atoms with Crippen molar-refractivity contribution in [2.45, 2.75) is 39.5 Å². The maximum Gasteiger partial charge on any atom is 0.294 e. The molecule has 1 aliphatic heterocycles. The second-order valence-electron chi connectivity index (χ2n) is 6.03. The van der Waals surface area contributed by atoms with Crippen molar-refractivity contribution in [2.75, 3.05) is 11.1 Å². The third kappa shape index (κ3) is 2.72. The number of nitrogens with zero attached hydrogens (tertiary/aromatic N) is 1. The summed E-state index contributed by atoms with van der Waals surface area (Å²) in [4.78, 5) is 0. The fourth-order valence-electron chi connectivity index (χ4n) is 2.51. The minimum absolute atomic E-state index is 0.0761. The van der Waals surface area contributed by atoms with Gasteiger partial charge < -0.3 is 8.99 Å². The van der Waals surface area contributed by atoms with Crippen LogP contribution in [0, 0.1) is 6.42 Å². The Morgan fingerprint density at radius 2 is 1.82 bits per heavy atom. The fraction of sp³-hybridized carbons (Fsp3) is 0.500. The minimum Gasteiger partial charge on any atom is -0.394 e. The largest absolute Gasteiger partial charge is 0.394 e. The molecule has 0 saturated carbocycles. The molecule has 1 aromatic carbocycles. The van der Waals surface area contributed by atoms with Gasteiger partial charge in [0.1, 0.15) is 0 Å². The van der Waals surface area contributed by atoms with Crippen molar-refractivity contribution >= 4 is 14.2 Å². The number of hydrogen-bond acceptors (Lipinski definition) is 2. The van der Waals surface area contributed by atoms with E-state index in [-0.39, 0.29) is 5.60 Å². The third-order valence-electron chi connectivity index (χ3n) is 2.93. The first-order valence-electron chi connectivity index (χ1n) is 6.20. The Morgan fingerprint density at radius 1 is 1.18 bits per heavy atom. The van der Waals surface area contributed by atoms with Crippen LogP contribution in [0.4, 0.5) is 5.69 Å². The average molecular weight is 248 g/mol. The molecule has 0 unspecified atom stereocenters. The molecule has 0 spiro atoms. The van der Waals surface area contributed by atoms with Gasteiger partial charge in [0.15, 0.2) is 0 Å². The molecule has 2 nitrogen and oxygen atoms in total. The Morgan fingerprint density at radius 3 is 2.47 bits per heavy atom. The predicted molar refractivity (Wildman–Crippen MR) is 75.5 cm³/mol. The molecule has 2 rings (SSSR count). The van der Waals surface area contributed by atoms with Crippen molar-refractivity contribution in [3.63, 3.8) is 0 Å². The number of anilines is 1. The zero-order valence-corrected chi connectivity index (χ0v) is 12.4. The second-order valence-corrected chi connectivity index (χ2v) is 9.67. The molecule has 17 heavy (non-hydrogen) atoms. The average Bonchev–Trinajstić information content (AvgIpc) is 2.57. The molecule has 1 aliphatic rings. The lowest BCUT2D eigenvalue weighted by atomic mass is 10.2. The summed E-state index contributed by atoms with van der Waals surface area (Å²) >= 11 is 0. The summed E-state index contributed by atoms with van der Waals surface area (Å²) in [5, 5.41) is 0. The van der Waals surface area contributed by atoms with Crippen molar-refractivity contribution in [2.24, 2.45) is 0 Å². The number of fused-ring (bicyclic) bond motifs is 1. The standard InChI is InChI=1S/C14H22NOSi/c1-14(2,3)16-17(4,5)15-11-10-12-8-6-7-9-13(12)15/h6-10H,11H2,1-5H3. The molecule has 0 fully saturated rings. The lowest BCUT2D eigenvalue weighted by molar-refractivity contribution is 0.119. The molecule has 0 amide bonds. The van der Waals surface area contributed by atoms with Crippen molar-refractivity contribution < 1.29 is 4.43 Å². The maximum atomic E-state index is 6.31. The number of rotatable bonds is 2. The molecule has 0 N–H and O–H groups in total. The van der Waals surface area contributed by atoms with Crippen molar-refractivity contribution in [1.29, 1.82) is 0 Å². The smallest absolute Gasteiger partial charge is 0.294 e. The summed E-state index contributed by atoms with van der Waals surface area (Å²) in [5.41, 5.74) is 2.59. The van der Waals surface area contributed by atoms with Crippen LogP contribution in [0.3, 0.4) is 0 Å². The fourth-order valence-corrected chi connectivity index (χ4v) is 5.43. The van der Waals surface area contributed by atoms with Gasteiger partial charge in [0.2, 0.25) is 0 Å². The molecule has 0 atom stereocenters. The summed E-state index contributed by atoms with van der Waals surface area (Å²) in [6.45, 7) is 11.9. The van der Waals surface area contributed by atoms with Gasteiger partial charge in [-0.3, -0.25) is 0 Å². The van der Waals surface area contributed by atoms with E-state index in [2.05, 4.69) is 69.1 Å². The van der Waals surface area contributed by atoms with Gasteiger partial charge >= 0.3 is 0 Å². The molecule has 93 valence electrons. The van der Waals surface area contributed by atoms with Crippen molar-refractivity contribution in [1.82, 2.24) is 0 Å². The van der Waals surface area contributed by atoms with Crippen molar-refractivity contribution in [3.05, 3.63) is 36.2 Å². The van der Waals surface area contributed by atoms with Gasteiger partial charge in [0.05, 0.1) is 0 Å². The van der Waals surface area contributed by atoms with E-state index >= 15 is 0 Å². The van der Waals surface area contributed by atoms with E-state index in [9.17, 15) is 0 Å². The first-order valence-corrected chi connectivity index (χ1v) is 9.05. The summed E-state index contributed by atoms with van der Waals surface area (Å²) in [7, 11) is -1.85. The maximum absolute atomic E-state index is 6.31. The minimum atomic E-state index is -1.85. The molecular formula is C14H22NOSi. The first kappa shape index (κ1) is 12.6. The topological polar surface area (TPSA) is 12.5 Å². The van der Waals surface area contributed by atoms with E-state index in [1.54, 1.807) is 0 Å². The normalized spacial score (nSPS) is 16.2. The highest BCUT2D eigenvalue weighted by Gasteiger charge is 2.38. The Balaban J connectivity index is 2.25. The second kappa shape index (κ2) is 4.14. The van der Waals surface area contributed by atoms with Crippen LogP contribution >= 0.6 is 0 Å². The highest BCUT2D eigenvalue weighted by atomic mass is 28.4. The zero-order valence-electron chi connectivity index (χ0n) is 11.4. The Kier molecular flexibility index (Phi) is 3.08. The summed E-state index contributed by atoms with van der Waals surface area (Å²) in [6.07, 6.45) is 2.29. The SMILES string of the molecule is CC(C)(C)O[Si](C)(C)N1C[CH]c2ccccc21. The van der Waals surface area contributed by atoms with Crippen LogP contribution < -0.4 is 4.57 Å². The summed E-state index contributed by atoms with van der Waals surface area (Å²) < 4.78 is 8.76. The molecule has 1 aromatic rings. The molecule has 0 aromatic heterocycles. The lowest BCUT2D eigenvalue weighted by Gasteiger charge is -2.40. The van der Waals surface area contributed by atoms with Crippen LogP contribution in [0.25, 0.3) is 0 Å². The van der Waals surface area contributed by atoms with Gasteiger partial charge in [-0.2, -0.15) is 0 Å². The van der Waals surface area contributed by atoms with E-state index in [0.29, 0.717) is 0 Å². The van der Waals surface area contributed by atoms with Gasteiger partial charge in [-0.1, -0.05) is 18.2 Å². The van der Waals surface area contributed by atoms with Gasteiger partial charge in [-0.25, -0.2) is 0 Å². The summed E-state index contributed by atoms with van der Waals surface area (Å²) in [6, 6.07) is 8.57. The monoisotopic (exact) mass is 248 g/mol. The Labute approximate surface area is 106 Å². The highest BCUT2D eigenvalue weighted by Crippen LogP contribution is 2.34. The van der Waals surface area contributed by atoms with Gasteiger partial charge in [-0.05, 0) is 45.5 Å². The van der Waals surface area contributed by atoms with Crippen LogP contribution in [0.2, 0.25) is 13.1 Å². The molecular weight excluding hydrogens is 226 g/mol. The third-order valence-corrected chi connectivity index (χ3v) is 5.76. The van der Waals surface area contributed by atoms with Crippen LogP contribution in [0.5, 0.6) is 0 Å². The predicted octanol–water partition coefficient (Wildman–Crippen LogP) is 3.58. The molecule has 0 aliphatic carbocycles. The van der Waals surface area contributed by atoms with E-state index in [0.717, 1.165) is 6.54 Å². The Bertz CT molecular complexity index is 409.